The van der Waals surface area contributed by atoms with Crippen LogP contribution in [-0.2, 0) is 6.54 Å². The monoisotopic (exact) mass is 435 g/mol. The zero-order valence-electron chi connectivity index (χ0n) is 18.5. The third-order valence-corrected chi connectivity index (χ3v) is 5.22. The van der Waals surface area contributed by atoms with E-state index in [4.69, 9.17) is 8.94 Å². The normalized spacial score (nSPS) is 12.4. The molecule has 9 heteroatoms. The number of nitrogens with one attached hydrogen (secondary N) is 1. The molecule has 0 aliphatic rings. The fraction of sp³-hybridized carbons (Fsp3) is 0.348. The molecule has 4 rings (SSSR count). The summed E-state index contributed by atoms with van der Waals surface area (Å²) in [5, 5.41) is 6.99. The van der Waals surface area contributed by atoms with Crippen LogP contribution in [0.25, 0.3) is 22.4 Å². The second-order valence-corrected chi connectivity index (χ2v) is 7.99. The molecule has 166 valence electrons. The van der Waals surface area contributed by atoms with E-state index >= 15 is 0 Å². The van der Waals surface area contributed by atoms with Gasteiger partial charge in [0.25, 0.3) is 11.5 Å². The number of benzene rings is 1. The van der Waals surface area contributed by atoms with Gasteiger partial charge in [0.2, 0.25) is 11.7 Å². The maximum atomic E-state index is 12.5. The number of carbonyl (C=O) groups excluding carboxylic acids is 1. The summed E-state index contributed by atoms with van der Waals surface area (Å²) >= 11 is 0. The number of rotatable bonds is 7. The van der Waals surface area contributed by atoms with Crippen molar-refractivity contribution in [2.75, 3.05) is 0 Å². The van der Waals surface area contributed by atoms with Gasteiger partial charge in [0.1, 0.15) is 11.7 Å². The standard InChI is InChI=1S/C23H25N5O4/c1-5-10-28-17-9-8-15(12-16(17)24-14(4)23(28)30)20-26-22(32-27-20)19(13(2)3)25-21(29)18-7-6-11-31-18/h6-9,11-13,19H,5,10H2,1-4H3,(H,25,29)/t19-/m1/s1. The van der Waals surface area contributed by atoms with E-state index in [2.05, 4.69) is 20.4 Å². The number of aryl methyl sites for hydroxylation is 2. The van der Waals surface area contributed by atoms with E-state index in [0.717, 1.165) is 11.9 Å². The molecular formula is C23H25N5O4. The van der Waals surface area contributed by atoms with Crippen LogP contribution < -0.4 is 10.9 Å². The Labute approximate surface area is 184 Å². The number of hydrogen-bond acceptors (Lipinski definition) is 7. The van der Waals surface area contributed by atoms with Gasteiger partial charge in [-0.2, -0.15) is 4.98 Å². The fourth-order valence-electron chi connectivity index (χ4n) is 3.57. The quantitative estimate of drug-likeness (QED) is 0.468. The van der Waals surface area contributed by atoms with Crippen molar-refractivity contribution in [1.29, 1.82) is 0 Å². The number of carbonyl (C=O) groups is 1. The minimum atomic E-state index is -0.482. The summed E-state index contributed by atoms with van der Waals surface area (Å²) in [4.78, 5) is 33.9. The lowest BCUT2D eigenvalue weighted by atomic mass is 10.0. The molecule has 3 heterocycles. The lowest BCUT2D eigenvalue weighted by Gasteiger charge is -2.17. The van der Waals surface area contributed by atoms with Gasteiger partial charge in [0.15, 0.2) is 5.76 Å². The highest BCUT2D eigenvalue weighted by Gasteiger charge is 2.26. The van der Waals surface area contributed by atoms with Crippen LogP contribution in [0.15, 0.2) is 50.3 Å². The van der Waals surface area contributed by atoms with Crippen LogP contribution in [0.5, 0.6) is 0 Å². The first-order valence-corrected chi connectivity index (χ1v) is 10.6. The molecular weight excluding hydrogens is 410 g/mol. The Morgan fingerprint density at radius 1 is 1.22 bits per heavy atom. The summed E-state index contributed by atoms with van der Waals surface area (Å²) < 4.78 is 12.4. The second-order valence-electron chi connectivity index (χ2n) is 7.99. The first-order chi connectivity index (χ1) is 15.4. The van der Waals surface area contributed by atoms with Crippen molar-refractivity contribution in [2.24, 2.45) is 5.92 Å². The van der Waals surface area contributed by atoms with Crippen LogP contribution in [0.4, 0.5) is 0 Å². The van der Waals surface area contributed by atoms with Crippen molar-refractivity contribution in [2.45, 2.75) is 46.7 Å². The Balaban J connectivity index is 1.66. The molecule has 0 saturated heterocycles. The van der Waals surface area contributed by atoms with E-state index in [1.807, 2.05) is 39.0 Å². The average molecular weight is 435 g/mol. The van der Waals surface area contributed by atoms with Crippen LogP contribution in [0.3, 0.4) is 0 Å². The van der Waals surface area contributed by atoms with Crippen molar-refractivity contribution in [1.82, 2.24) is 25.0 Å². The molecule has 0 aliphatic carbocycles. The van der Waals surface area contributed by atoms with Gasteiger partial charge in [-0.15, -0.1) is 0 Å². The van der Waals surface area contributed by atoms with Crippen LogP contribution >= 0.6 is 0 Å². The first-order valence-electron chi connectivity index (χ1n) is 10.6. The van der Waals surface area contributed by atoms with Gasteiger partial charge in [-0.05, 0) is 49.6 Å². The molecule has 0 unspecified atom stereocenters. The van der Waals surface area contributed by atoms with E-state index in [9.17, 15) is 9.59 Å². The van der Waals surface area contributed by atoms with Gasteiger partial charge < -0.3 is 18.8 Å². The van der Waals surface area contributed by atoms with Crippen molar-refractivity contribution in [3.63, 3.8) is 0 Å². The molecule has 3 aromatic heterocycles. The summed E-state index contributed by atoms with van der Waals surface area (Å²) in [7, 11) is 0. The van der Waals surface area contributed by atoms with E-state index in [1.165, 1.54) is 6.26 Å². The van der Waals surface area contributed by atoms with Crippen molar-refractivity contribution in [3.8, 4) is 11.4 Å². The molecule has 1 aromatic carbocycles. The second kappa shape index (κ2) is 8.78. The number of fused-ring (bicyclic) bond motifs is 1. The van der Waals surface area contributed by atoms with Crippen molar-refractivity contribution >= 4 is 16.9 Å². The number of nitrogens with zero attached hydrogens (tertiary/aromatic N) is 4. The minimum absolute atomic E-state index is 0.00612. The molecule has 0 aliphatic heterocycles. The molecule has 1 amide bonds. The molecule has 1 atom stereocenters. The number of amides is 1. The highest BCUT2D eigenvalue weighted by atomic mass is 16.5. The van der Waals surface area contributed by atoms with E-state index < -0.39 is 6.04 Å². The average Bonchev–Trinajstić information content (AvgIpc) is 3.47. The Bertz CT molecular complexity index is 1300. The van der Waals surface area contributed by atoms with Gasteiger partial charge in [0.05, 0.1) is 17.3 Å². The molecule has 1 N–H and O–H groups in total. The molecule has 0 bridgehead atoms. The SMILES string of the molecule is CCCn1c(=O)c(C)nc2cc(-c3noc([C@H](NC(=O)c4ccco4)C(C)C)n3)ccc21. The molecule has 9 nitrogen and oxygen atoms in total. The predicted octanol–water partition coefficient (Wildman–Crippen LogP) is 3.89. The third-order valence-electron chi connectivity index (χ3n) is 5.22. The Morgan fingerprint density at radius 2 is 2.03 bits per heavy atom. The Morgan fingerprint density at radius 3 is 2.72 bits per heavy atom. The Hall–Kier alpha value is -3.75. The largest absolute Gasteiger partial charge is 0.459 e. The van der Waals surface area contributed by atoms with Gasteiger partial charge in [-0.3, -0.25) is 9.59 Å². The zero-order valence-corrected chi connectivity index (χ0v) is 18.5. The van der Waals surface area contributed by atoms with Crippen molar-refractivity contribution < 1.29 is 13.7 Å². The smallest absolute Gasteiger partial charge is 0.287 e. The fourth-order valence-corrected chi connectivity index (χ4v) is 3.57. The van der Waals surface area contributed by atoms with Crippen LogP contribution in [0.1, 0.15) is 55.4 Å². The highest BCUT2D eigenvalue weighted by Crippen LogP contribution is 2.26. The molecule has 0 radical (unpaired) electrons. The molecule has 0 spiro atoms. The van der Waals surface area contributed by atoms with Crippen LogP contribution in [0.2, 0.25) is 0 Å². The summed E-state index contributed by atoms with van der Waals surface area (Å²) in [6.45, 7) is 8.26. The number of aromatic nitrogens is 4. The van der Waals surface area contributed by atoms with Crippen LogP contribution in [-0.4, -0.2) is 25.6 Å². The van der Waals surface area contributed by atoms with E-state index in [0.29, 0.717) is 35.0 Å². The van der Waals surface area contributed by atoms with Gasteiger partial charge >= 0.3 is 0 Å². The summed E-state index contributed by atoms with van der Waals surface area (Å²) in [5.41, 5.74) is 2.52. The van der Waals surface area contributed by atoms with Gasteiger partial charge in [-0.1, -0.05) is 25.9 Å². The topological polar surface area (TPSA) is 116 Å². The molecule has 32 heavy (non-hydrogen) atoms. The number of furan rings is 1. The maximum absolute atomic E-state index is 12.5. The third kappa shape index (κ3) is 4.05. The van der Waals surface area contributed by atoms with E-state index in [1.54, 1.807) is 23.6 Å². The van der Waals surface area contributed by atoms with Gasteiger partial charge in [0, 0.05) is 12.1 Å². The minimum Gasteiger partial charge on any atom is -0.459 e. The van der Waals surface area contributed by atoms with E-state index in [-0.39, 0.29) is 23.1 Å². The maximum Gasteiger partial charge on any atom is 0.287 e. The lowest BCUT2D eigenvalue weighted by Crippen LogP contribution is -2.31. The summed E-state index contributed by atoms with van der Waals surface area (Å²) in [6, 6.07) is 8.29. The predicted molar refractivity (Wildman–Crippen MR) is 118 cm³/mol. The molecule has 4 aromatic rings. The Kier molecular flexibility index (Phi) is 5.89. The van der Waals surface area contributed by atoms with Gasteiger partial charge in [-0.25, -0.2) is 4.98 Å². The highest BCUT2D eigenvalue weighted by molar-refractivity contribution is 5.91. The summed E-state index contributed by atoms with van der Waals surface area (Å²) in [5.74, 6) is 0.548. The molecule has 0 saturated carbocycles. The van der Waals surface area contributed by atoms with Crippen LogP contribution in [0, 0.1) is 12.8 Å². The summed E-state index contributed by atoms with van der Waals surface area (Å²) in [6.07, 6.45) is 2.29. The molecule has 0 fully saturated rings. The first kappa shape index (κ1) is 21.5. The zero-order chi connectivity index (χ0) is 22.8. The number of hydrogen-bond donors (Lipinski definition) is 1. The van der Waals surface area contributed by atoms with Crippen molar-refractivity contribution in [3.05, 3.63) is 64.3 Å². The lowest BCUT2D eigenvalue weighted by molar-refractivity contribution is 0.0885.